The fraction of sp³-hybridized carbons (Fsp3) is 0.500. The third kappa shape index (κ3) is 3.54. The second-order valence-electron chi connectivity index (χ2n) is 2.92. The topological polar surface area (TPSA) is 73.1 Å². The SMILES string of the molecule is COCCNc1cc(N)nc(C(F)(F)F)n1. The Labute approximate surface area is 89.8 Å². The Morgan fingerprint density at radius 3 is 2.69 bits per heavy atom. The second-order valence-corrected chi connectivity index (χ2v) is 2.92. The molecule has 0 saturated heterocycles. The Balaban J connectivity index is 2.82. The molecule has 0 fully saturated rings. The number of nitrogen functional groups attached to an aromatic ring is 1. The molecule has 0 spiro atoms. The van der Waals surface area contributed by atoms with Crippen molar-refractivity contribution < 1.29 is 17.9 Å². The van der Waals surface area contributed by atoms with Crippen LogP contribution in [0, 0.1) is 0 Å². The van der Waals surface area contributed by atoms with E-state index in [1.54, 1.807) is 0 Å². The van der Waals surface area contributed by atoms with Crippen molar-refractivity contribution >= 4 is 11.6 Å². The van der Waals surface area contributed by atoms with Gasteiger partial charge in [0.25, 0.3) is 0 Å². The number of rotatable bonds is 4. The van der Waals surface area contributed by atoms with Gasteiger partial charge in [-0.1, -0.05) is 0 Å². The summed E-state index contributed by atoms with van der Waals surface area (Å²) in [5.74, 6) is -1.47. The van der Waals surface area contributed by atoms with E-state index in [1.807, 2.05) is 0 Å². The number of anilines is 2. The summed E-state index contributed by atoms with van der Waals surface area (Å²) in [5, 5.41) is 2.64. The summed E-state index contributed by atoms with van der Waals surface area (Å²) in [7, 11) is 1.48. The van der Waals surface area contributed by atoms with E-state index in [9.17, 15) is 13.2 Å². The van der Waals surface area contributed by atoms with Crippen molar-refractivity contribution in [3.8, 4) is 0 Å². The molecule has 0 amide bonds. The highest BCUT2D eigenvalue weighted by atomic mass is 19.4. The van der Waals surface area contributed by atoms with Crippen molar-refractivity contribution in [2.75, 3.05) is 31.3 Å². The van der Waals surface area contributed by atoms with Crippen LogP contribution >= 0.6 is 0 Å². The van der Waals surface area contributed by atoms with Crippen molar-refractivity contribution in [3.05, 3.63) is 11.9 Å². The third-order valence-electron chi connectivity index (χ3n) is 1.61. The number of hydrogen-bond acceptors (Lipinski definition) is 5. The molecule has 8 heteroatoms. The number of nitrogens with one attached hydrogen (secondary N) is 1. The molecule has 1 aromatic heterocycles. The Morgan fingerprint density at radius 1 is 1.44 bits per heavy atom. The fourth-order valence-electron chi connectivity index (χ4n) is 0.965. The molecule has 0 aliphatic rings. The summed E-state index contributed by atoms with van der Waals surface area (Å²) in [6, 6.07) is 1.23. The normalized spacial score (nSPS) is 11.5. The summed E-state index contributed by atoms with van der Waals surface area (Å²) in [6.45, 7) is 0.690. The van der Waals surface area contributed by atoms with Crippen LogP contribution in [-0.2, 0) is 10.9 Å². The lowest BCUT2D eigenvalue weighted by Crippen LogP contribution is -2.16. The molecule has 0 atom stereocenters. The molecule has 0 aliphatic carbocycles. The molecule has 16 heavy (non-hydrogen) atoms. The lowest BCUT2D eigenvalue weighted by molar-refractivity contribution is -0.144. The third-order valence-corrected chi connectivity index (χ3v) is 1.61. The van der Waals surface area contributed by atoms with Gasteiger partial charge in [0.05, 0.1) is 6.61 Å². The molecule has 1 aromatic rings. The van der Waals surface area contributed by atoms with Gasteiger partial charge >= 0.3 is 6.18 Å². The first kappa shape index (κ1) is 12.5. The number of aromatic nitrogens is 2. The van der Waals surface area contributed by atoms with Crippen LogP contribution in [-0.4, -0.2) is 30.2 Å². The first-order chi connectivity index (χ1) is 7.43. The zero-order valence-corrected chi connectivity index (χ0v) is 8.51. The molecule has 0 radical (unpaired) electrons. The largest absolute Gasteiger partial charge is 0.451 e. The Bertz CT molecular complexity index is 356. The molecule has 5 nitrogen and oxygen atoms in total. The summed E-state index contributed by atoms with van der Waals surface area (Å²) < 4.78 is 41.6. The zero-order valence-electron chi connectivity index (χ0n) is 8.51. The van der Waals surface area contributed by atoms with Gasteiger partial charge in [0.15, 0.2) is 0 Å². The van der Waals surface area contributed by atoms with E-state index in [4.69, 9.17) is 10.5 Å². The Hall–Kier alpha value is -1.57. The highest BCUT2D eigenvalue weighted by Gasteiger charge is 2.35. The van der Waals surface area contributed by atoms with E-state index < -0.39 is 12.0 Å². The number of nitrogens with two attached hydrogens (primary N) is 1. The van der Waals surface area contributed by atoms with E-state index in [1.165, 1.54) is 13.2 Å². The van der Waals surface area contributed by atoms with Gasteiger partial charge in [0.1, 0.15) is 11.6 Å². The first-order valence-electron chi connectivity index (χ1n) is 4.38. The van der Waals surface area contributed by atoms with Crippen molar-refractivity contribution in [3.63, 3.8) is 0 Å². The standard InChI is InChI=1S/C8H11F3N4O/c1-16-3-2-13-6-4-5(12)14-7(15-6)8(9,10)11/h4H,2-3H2,1H3,(H3,12,13,14,15). The fourth-order valence-corrected chi connectivity index (χ4v) is 0.965. The van der Waals surface area contributed by atoms with E-state index in [0.29, 0.717) is 13.2 Å². The minimum absolute atomic E-state index is 0.0249. The van der Waals surface area contributed by atoms with Crippen molar-refractivity contribution in [1.29, 1.82) is 0 Å². The Kier molecular flexibility index (Phi) is 3.88. The van der Waals surface area contributed by atoms with Crippen LogP contribution in [0.3, 0.4) is 0 Å². The molecule has 0 aromatic carbocycles. The monoisotopic (exact) mass is 236 g/mol. The molecular weight excluding hydrogens is 225 g/mol. The van der Waals surface area contributed by atoms with Crippen molar-refractivity contribution in [2.24, 2.45) is 0 Å². The number of halogens is 3. The van der Waals surface area contributed by atoms with Gasteiger partial charge in [-0.15, -0.1) is 0 Å². The van der Waals surface area contributed by atoms with Crippen LogP contribution < -0.4 is 11.1 Å². The molecule has 90 valence electrons. The van der Waals surface area contributed by atoms with E-state index in [-0.39, 0.29) is 11.6 Å². The van der Waals surface area contributed by atoms with Gasteiger partial charge < -0.3 is 15.8 Å². The molecule has 0 aliphatic heterocycles. The predicted molar refractivity (Wildman–Crippen MR) is 51.8 cm³/mol. The maximum absolute atomic E-state index is 12.3. The second kappa shape index (κ2) is 4.97. The van der Waals surface area contributed by atoms with Gasteiger partial charge in [0, 0.05) is 19.7 Å². The van der Waals surface area contributed by atoms with Crippen LogP contribution in [0.15, 0.2) is 6.07 Å². The average Bonchev–Trinajstić information content (AvgIpc) is 2.16. The van der Waals surface area contributed by atoms with E-state index >= 15 is 0 Å². The van der Waals surface area contributed by atoms with Crippen molar-refractivity contribution in [1.82, 2.24) is 9.97 Å². The summed E-state index contributed by atoms with van der Waals surface area (Å²) >= 11 is 0. The number of methoxy groups -OCH3 is 1. The van der Waals surface area contributed by atoms with Gasteiger partial charge in [-0.2, -0.15) is 13.2 Å². The molecule has 1 heterocycles. The molecule has 0 unspecified atom stereocenters. The van der Waals surface area contributed by atoms with Crippen LogP contribution in [0.2, 0.25) is 0 Å². The molecule has 0 bridgehead atoms. The molecule has 3 N–H and O–H groups in total. The maximum Gasteiger partial charge on any atom is 0.451 e. The zero-order chi connectivity index (χ0) is 12.2. The van der Waals surface area contributed by atoms with Crippen LogP contribution in [0.1, 0.15) is 5.82 Å². The lowest BCUT2D eigenvalue weighted by atomic mass is 10.4. The van der Waals surface area contributed by atoms with Gasteiger partial charge in [-0.3, -0.25) is 0 Å². The number of alkyl halides is 3. The minimum Gasteiger partial charge on any atom is -0.384 e. The molecular formula is C8H11F3N4O. The van der Waals surface area contributed by atoms with Gasteiger partial charge in [0.2, 0.25) is 5.82 Å². The van der Waals surface area contributed by atoms with Crippen LogP contribution in [0.25, 0.3) is 0 Å². The predicted octanol–water partition coefficient (Wildman–Crippen LogP) is 1.14. The maximum atomic E-state index is 12.3. The lowest BCUT2D eigenvalue weighted by Gasteiger charge is -2.09. The first-order valence-corrected chi connectivity index (χ1v) is 4.38. The number of nitrogens with zero attached hydrogens (tertiary/aromatic N) is 2. The van der Waals surface area contributed by atoms with E-state index in [0.717, 1.165) is 0 Å². The summed E-state index contributed by atoms with van der Waals surface area (Å²) in [4.78, 5) is 6.40. The van der Waals surface area contributed by atoms with Crippen LogP contribution in [0.5, 0.6) is 0 Å². The molecule has 0 saturated carbocycles. The highest BCUT2D eigenvalue weighted by molar-refractivity contribution is 5.44. The van der Waals surface area contributed by atoms with Gasteiger partial charge in [-0.25, -0.2) is 9.97 Å². The smallest absolute Gasteiger partial charge is 0.384 e. The van der Waals surface area contributed by atoms with E-state index in [2.05, 4.69) is 15.3 Å². The van der Waals surface area contributed by atoms with Crippen LogP contribution in [0.4, 0.5) is 24.8 Å². The van der Waals surface area contributed by atoms with Crippen molar-refractivity contribution in [2.45, 2.75) is 6.18 Å². The number of ether oxygens (including phenoxy) is 1. The van der Waals surface area contributed by atoms with Gasteiger partial charge in [-0.05, 0) is 0 Å². The number of hydrogen-bond donors (Lipinski definition) is 2. The Morgan fingerprint density at radius 2 is 2.12 bits per heavy atom. The summed E-state index contributed by atoms with van der Waals surface area (Å²) in [6.07, 6.45) is -4.60. The minimum atomic E-state index is -4.60. The quantitative estimate of drug-likeness (QED) is 0.767. The average molecular weight is 236 g/mol. The molecule has 1 rings (SSSR count). The summed E-state index contributed by atoms with van der Waals surface area (Å²) in [5.41, 5.74) is 5.24. The highest BCUT2D eigenvalue weighted by Crippen LogP contribution is 2.27.